The number of benzene rings is 8. The lowest BCUT2D eigenvalue weighted by atomic mass is 9.97. The van der Waals surface area contributed by atoms with Crippen molar-refractivity contribution in [1.29, 1.82) is 0 Å². The Labute approximate surface area is 295 Å². The molecule has 10 rings (SSSR count). The van der Waals surface area contributed by atoms with Gasteiger partial charge in [-0.1, -0.05) is 152 Å². The summed E-state index contributed by atoms with van der Waals surface area (Å²) in [6.45, 7) is 0. The van der Waals surface area contributed by atoms with Gasteiger partial charge >= 0.3 is 0 Å². The zero-order valence-electron chi connectivity index (χ0n) is 27.3. The van der Waals surface area contributed by atoms with Gasteiger partial charge in [0, 0.05) is 36.6 Å². The van der Waals surface area contributed by atoms with Gasteiger partial charge in [0.25, 0.3) is 0 Å². The average molecular weight is 654 g/mol. The number of rotatable bonds is 5. The Morgan fingerprint density at radius 1 is 0.320 bits per heavy atom. The van der Waals surface area contributed by atoms with Crippen molar-refractivity contribution in [3.8, 4) is 50.2 Å². The fourth-order valence-electron chi connectivity index (χ4n) is 7.58. The molecule has 0 N–H and O–H groups in total. The van der Waals surface area contributed by atoms with Crippen LogP contribution in [0.4, 0.5) is 0 Å². The molecule has 10 aromatic rings. The Balaban J connectivity index is 1.07. The van der Waals surface area contributed by atoms with Crippen molar-refractivity contribution in [2.75, 3.05) is 0 Å². The monoisotopic (exact) mass is 653 g/mol. The molecule has 0 aliphatic carbocycles. The van der Waals surface area contributed by atoms with Crippen LogP contribution in [0.5, 0.6) is 0 Å². The molecule has 2 aromatic heterocycles. The second-order valence-corrected chi connectivity index (χ2v) is 14.0. The molecule has 2 heteroatoms. The predicted octanol–water partition coefficient (Wildman–Crippen LogP) is 13.8. The highest BCUT2D eigenvalue weighted by Gasteiger charge is 2.16. The van der Waals surface area contributed by atoms with Crippen LogP contribution in [-0.2, 0) is 0 Å². The number of para-hydroxylation sites is 1. The molecule has 0 bridgehead atoms. The minimum Gasteiger partial charge on any atom is -0.309 e. The van der Waals surface area contributed by atoms with Crippen LogP contribution >= 0.6 is 11.3 Å². The molecule has 0 saturated heterocycles. The van der Waals surface area contributed by atoms with Crippen molar-refractivity contribution in [3.05, 3.63) is 188 Å². The number of aromatic nitrogens is 1. The fourth-order valence-corrected chi connectivity index (χ4v) is 8.82. The lowest BCUT2D eigenvalue weighted by Crippen LogP contribution is -1.94. The van der Waals surface area contributed by atoms with Gasteiger partial charge in [0.2, 0.25) is 0 Å². The summed E-state index contributed by atoms with van der Waals surface area (Å²) in [5.74, 6) is 0. The third-order valence-electron chi connectivity index (χ3n) is 10.0. The zero-order valence-corrected chi connectivity index (χ0v) is 28.1. The van der Waals surface area contributed by atoms with Gasteiger partial charge in [-0.25, -0.2) is 0 Å². The summed E-state index contributed by atoms with van der Waals surface area (Å²) in [7, 11) is 0. The van der Waals surface area contributed by atoms with Gasteiger partial charge in [-0.3, -0.25) is 0 Å². The maximum Gasteiger partial charge on any atom is 0.0547 e. The van der Waals surface area contributed by atoms with E-state index >= 15 is 0 Å². The van der Waals surface area contributed by atoms with Crippen molar-refractivity contribution in [2.24, 2.45) is 0 Å². The van der Waals surface area contributed by atoms with E-state index < -0.39 is 0 Å². The highest BCUT2D eigenvalue weighted by Crippen LogP contribution is 2.42. The van der Waals surface area contributed by atoms with E-state index in [0.29, 0.717) is 0 Å². The van der Waals surface area contributed by atoms with Gasteiger partial charge in [-0.05, 0) is 80.9 Å². The van der Waals surface area contributed by atoms with E-state index in [1.807, 2.05) is 11.3 Å². The van der Waals surface area contributed by atoms with Crippen LogP contribution in [0, 0.1) is 0 Å². The maximum atomic E-state index is 2.44. The number of hydrogen-bond donors (Lipinski definition) is 0. The molecule has 2 heterocycles. The topological polar surface area (TPSA) is 4.93 Å². The number of thiophene rings is 1. The minimum atomic E-state index is 1.16. The number of hydrogen-bond acceptors (Lipinski definition) is 1. The second-order valence-electron chi connectivity index (χ2n) is 12.9. The van der Waals surface area contributed by atoms with Crippen molar-refractivity contribution < 1.29 is 0 Å². The first kappa shape index (κ1) is 28.8. The van der Waals surface area contributed by atoms with Crippen LogP contribution < -0.4 is 0 Å². The largest absolute Gasteiger partial charge is 0.309 e. The summed E-state index contributed by atoms with van der Waals surface area (Å²) in [6.07, 6.45) is 0. The van der Waals surface area contributed by atoms with Gasteiger partial charge in [0.15, 0.2) is 0 Å². The summed E-state index contributed by atoms with van der Waals surface area (Å²) in [4.78, 5) is 0. The first-order valence-electron chi connectivity index (χ1n) is 17.1. The van der Waals surface area contributed by atoms with Crippen LogP contribution in [-0.4, -0.2) is 4.57 Å². The van der Waals surface area contributed by atoms with Crippen LogP contribution in [0.25, 0.3) is 92.2 Å². The van der Waals surface area contributed by atoms with Gasteiger partial charge in [-0.2, -0.15) is 0 Å². The maximum absolute atomic E-state index is 2.44. The van der Waals surface area contributed by atoms with Crippen molar-refractivity contribution in [3.63, 3.8) is 0 Å². The van der Waals surface area contributed by atoms with Gasteiger partial charge in [0.05, 0.1) is 11.0 Å². The molecule has 0 amide bonds. The minimum absolute atomic E-state index is 1.16. The molecule has 50 heavy (non-hydrogen) atoms. The molecule has 0 fully saturated rings. The Morgan fingerprint density at radius 3 is 1.68 bits per heavy atom. The zero-order chi connectivity index (χ0) is 33.0. The first-order chi connectivity index (χ1) is 24.8. The summed E-state index contributed by atoms with van der Waals surface area (Å²) in [5, 5.41) is 5.18. The molecule has 0 atom stereocenters. The number of nitrogens with zero attached hydrogens (tertiary/aromatic N) is 1. The molecule has 234 valence electrons. The summed E-state index contributed by atoms with van der Waals surface area (Å²) in [6, 6.07) is 68.6. The Hall–Kier alpha value is -6.22. The van der Waals surface area contributed by atoms with E-state index in [1.54, 1.807) is 0 Å². The molecule has 8 aromatic carbocycles. The molecule has 0 spiro atoms. The van der Waals surface area contributed by atoms with E-state index in [9.17, 15) is 0 Å². The molecule has 0 unspecified atom stereocenters. The van der Waals surface area contributed by atoms with Gasteiger partial charge < -0.3 is 4.57 Å². The Kier molecular flexibility index (Phi) is 6.75. The van der Waals surface area contributed by atoms with Crippen LogP contribution in [0.2, 0.25) is 0 Å². The Morgan fingerprint density at radius 2 is 0.880 bits per heavy atom. The first-order valence-corrected chi connectivity index (χ1v) is 17.9. The third kappa shape index (κ3) is 4.76. The van der Waals surface area contributed by atoms with Crippen LogP contribution in [0.3, 0.4) is 0 Å². The fraction of sp³-hybridized carbons (Fsp3) is 0. The van der Waals surface area contributed by atoms with Gasteiger partial charge in [0.1, 0.15) is 0 Å². The molecular weight excluding hydrogens is 623 g/mol. The van der Waals surface area contributed by atoms with Crippen LogP contribution in [0.1, 0.15) is 0 Å². The highest BCUT2D eigenvalue weighted by atomic mass is 32.1. The molecular formula is C48H31NS. The van der Waals surface area contributed by atoms with Crippen LogP contribution in [0.15, 0.2) is 188 Å². The van der Waals surface area contributed by atoms with Crippen molar-refractivity contribution >= 4 is 53.3 Å². The number of fused-ring (bicyclic) bond motifs is 6. The summed E-state index contributed by atoms with van der Waals surface area (Å²) >= 11 is 1.89. The quantitative estimate of drug-likeness (QED) is 0.174. The van der Waals surface area contributed by atoms with Gasteiger partial charge in [-0.15, -0.1) is 11.3 Å². The van der Waals surface area contributed by atoms with E-state index in [4.69, 9.17) is 0 Å². The van der Waals surface area contributed by atoms with E-state index in [0.717, 1.165) is 5.69 Å². The van der Waals surface area contributed by atoms with E-state index in [1.165, 1.54) is 86.5 Å². The standard InChI is InChI=1S/C48H31NS/c1-2-11-32(12-3-1)35-13-8-14-36(29-35)33-23-25-34(26-24-33)37-15-9-16-39(30-37)49-45-21-6-4-17-41(45)42-28-27-38(31-46(42)49)40-19-10-20-44-43-18-5-7-22-47(43)50-48(40)44/h1-31H. The molecule has 0 aliphatic rings. The molecule has 0 radical (unpaired) electrons. The summed E-state index contributed by atoms with van der Waals surface area (Å²) in [5.41, 5.74) is 13.4. The SMILES string of the molecule is c1ccc(-c2cccc(-c3ccc(-c4cccc(-n5c6ccccc6c6ccc(-c7cccc8c7sc7ccccc78)cc65)c4)cc3)c2)cc1. The molecule has 0 aliphatic heterocycles. The highest BCUT2D eigenvalue weighted by molar-refractivity contribution is 7.26. The molecule has 1 nitrogen and oxygen atoms in total. The second kappa shape index (κ2) is 11.7. The smallest absolute Gasteiger partial charge is 0.0547 e. The summed E-state index contributed by atoms with van der Waals surface area (Å²) < 4.78 is 5.11. The normalized spacial score (nSPS) is 11.6. The third-order valence-corrected chi connectivity index (χ3v) is 11.2. The van der Waals surface area contributed by atoms with Crippen molar-refractivity contribution in [1.82, 2.24) is 4.57 Å². The molecule has 0 saturated carbocycles. The van der Waals surface area contributed by atoms with E-state index in [-0.39, 0.29) is 0 Å². The lowest BCUT2D eigenvalue weighted by Gasteiger charge is -2.12. The van der Waals surface area contributed by atoms with E-state index in [2.05, 4.69) is 193 Å². The lowest BCUT2D eigenvalue weighted by molar-refractivity contribution is 1.18. The van der Waals surface area contributed by atoms with Crippen molar-refractivity contribution in [2.45, 2.75) is 0 Å². The predicted molar refractivity (Wildman–Crippen MR) is 215 cm³/mol. The average Bonchev–Trinajstić information content (AvgIpc) is 3.74. The Bertz CT molecular complexity index is 2850.